The van der Waals surface area contributed by atoms with Crippen LogP contribution in [-0.4, -0.2) is 22.1 Å². The van der Waals surface area contributed by atoms with Gasteiger partial charge >= 0.3 is 0 Å². The summed E-state index contributed by atoms with van der Waals surface area (Å²) in [4.78, 5) is 8.49. The van der Waals surface area contributed by atoms with Crippen LogP contribution in [0.5, 0.6) is 11.6 Å². The number of benzene rings is 1. The predicted octanol–water partition coefficient (Wildman–Crippen LogP) is 3.32. The highest BCUT2D eigenvalue weighted by atomic mass is 16.5. The summed E-state index contributed by atoms with van der Waals surface area (Å²) in [6.07, 6.45) is 1.61. The number of pyridine rings is 1. The number of hydrogen-bond donors (Lipinski definition) is 2. The molecule has 0 bridgehead atoms. The third-order valence-corrected chi connectivity index (χ3v) is 2.71. The number of ether oxygens (including phenoxy) is 1. The fourth-order valence-electron chi connectivity index (χ4n) is 1.81. The van der Waals surface area contributed by atoms with Crippen molar-refractivity contribution in [2.45, 2.75) is 26.8 Å². The predicted molar refractivity (Wildman–Crippen MR) is 82.1 cm³/mol. The zero-order valence-electron chi connectivity index (χ0n) is 12.4. The molecule has 0 fully saturated rings. The van der Waals surface area contributed by atoms with Gasteiger partial charge < -0.3 is 4.74 Å². The average molecular weight is 285 g/mol. The lowest BCUT2D eigenvalue weighted by Gasteiger charge is -2.08. The zero-order valence-corrected chi connectivity index (χ0v) is 12.4. The van der Waals surface area contributed by atoms with E-state index in [0.717, 1.165) is 11.3 Å². The van der Waals surface area contributed by atoms with Crippen molar-refractivity contribution in [1.29, 1.82) is 0 Å². The fraction of sp³-hybridized carbons (Fsp3) is 0.250. The summed E-state index contributed by atoms with van der Waals surface area (Å²) in [6.45, 7) is 5.87. The zero-order chi connectivity index (χ0) is 15.2. The minimum atomic E-state index is 0.0721. The lowest BCUT2D eigenvalue weighted by Crippen LogP contribution is -2.22. The van der Waals surface area contributed by atoms with Crippen molar-refractivity contribution in [2.24, 2.45) is 4.99 Å². The quantitative estimate of drug-likeness (QED) is 0.514. The van der Waals surface area contributed by atoms with E-state index in [0.29, 0.717) is 17.3 Å². The molecule has 5 nitrogen and oxygen atoms in total. The number of hydrogen-bond acceptors (Lipinski definition) is 4. The highest BCUT2D eigenvalue weighted by molar-refractivity contribution is 5.97. The maximum atomic E-state index is 9.12. The first kappa shape index (κ1) is 15.0. The highest BCUT2D eigenvalue weighted by Gasteiger charge is 2.05. The molecule has 5 heteroatoms. The molecule has 0 aliphatic carbocycles. The summed E-state index contributed by atoms with van der Waals surface area (Å²) in [5.74, 6) is 1.62. The summed E-state index contributed by atoms with van der Waals surface area (Å²) in [6, 6.07) is 11.4. The van der Waals surface area contributed by atoms with E-state index in [9.17, 15) is 0 Å². The molecule has 0 aliphatic heterocycles. The number of aryl methyl sites for hydroxylation is 1. The van der Waals surface area contributed by atoms with Crippen molar-refractivity contribution in [3.05, 3.63) is 53.7 Å². The van der Waals surface area contributed by atoms with Gasteiger partial charge in [0.1, 0.15) is 5.75 Å². The third kappa shape index (κ3) is 4.29. The van der Waals surface area contributed by atoms with Gasteiger partial charge in [0.05, 0.1) is 0 Å². The second kappa shape index (κ2) is 6.85. The van der Waals surface area contributed by atoms with Crippen molar-refractivity contribution in [2.75, 3.05) is 0 Å². The van der Waals surface area contributed by atoms with E-state index >= 15 is 0 Å². The van der Waals surface area contributed by atoms with Gasteiger partial charge in [0.15, 0.2) is 5.84 Å². The van der Waals surface area contributed by atoms with Crippen LogP contribution in [0.3, 0.4) is 0 Å². The lowest BCUT2D eigenvalue weighted by molar-refractivity contribution is 0.234. The number of rotatable bonds is 4. The molecule has 2 rings (SSSR count). The molecule has 110 valence electrons. The van der Waals surface area contributed by atoms with Crippen LogP contribution < -0.4 is 10.2 Å². The van der Waals surface area contributed by atoms with Gasteiger partial charge in [0.25, 0.3) is 0 Å². The highest BCUT2D eigenvalue weighted by Crippen LogP contribution is 2.20. The number of hydroxylamine groups is 1. The van der Waals surface area contributed by atoms with Crippen LogP contribution in [0, 0.1) is 6.92 Å². The Morgan fingerprint density at radius 3 is 2.67 bits per heavy atom. The number of amidine groups is 1. The summed E-state index contributed by atoms with van der Waals surface area (Å²) < 4.78 is 5.67. The van der Waals surface area contributed by atoms with Crippen molar-refractivity contribution in [1.82, 2.24) is 10.5 Å². The number of aliphatic imine (C=N–C) groups is 1. The smallest absolute Gasteiger partial charge is 0.219 e. The Bertz CT molecular complexity index is 622. The van der Waals surface area contributed by atoms with E-state index in [2.05, 4.69) is 15.5 Å². The van der Waals surface area contributed by atoms with E-state index in [1.807, 2.05) is 45.0 Å². The molecule has 2 aromatic rings. The van der Waals surface area contributed by atoms with E-state index in [1.165, 1.54) is 0 Å². The standard InChI is InChI=1S/C16H19N3O2/c1-11(2)18-16(19-20)13-7-8-15(17-10-13)21-14-6-4-5-12(3)9-14/h4-11,20H,1-3H3,(H,18,19). The minimum absolute atomic E-state index is 0.0721. The number of nitrogens with one attached hydrogen (secondary N) is 1. The topological polar surface area (TPSA) is 66.7 Å². The normalized spacial score (nSPS) is 11.6. The van der Waals surface area contributed by atoms with Crippen molar-refractivity contribution in [3.63, 3.8) is 0 Å². The Labute approximate surface area is 124 Å². The average Bonchev–Trinajstić information content (AvgIpc) is 2.45. The van der Waals surface area contributed by atoms with Crippen LogP contribution >= 0.6 is 0 Å². The molecule has 1 heterocycles. The van der Waals surface area contributed by atoms with Crippen LogP contribution in [0.1, 0.15) is 25.0 Å². The van der Waals surface area contributed by atoms with Gasteiger partial charge in [0, 0.05) is 23.9 Å². The van der Waals surface area contributed by atoms with Gasteiger partial charge in [-0.1, -0.05) is 12.1 Å². The number of nitrogens with zero attached hydrogens (tertiary/aromatic N) is 2. The second-order valence-electron chi connectivity index (χ2n) is 4.99. The molecular weight excluding hydrogens is 266 g/mol. The Morgan fingerprint density at radius 2 is 2.10 bits per heavy atom. The van der Waals surface area contributed by atoms with Crippen LogP contribution in [0.2, 0.25) is 0 Å². The first-order chi connectivity index (χ1) is 10.1. The molecule has 2 N–H and O–H groups in total. The first-order valence-electron chi connectivity index (χ1n) is 6.77. The minimum Gasteiger partial charge on any atom is -0.439 e. The molecule has 0 amide bonds. The van der Waals surface area contributed by atoms with Gasteiger partial charge in [-0.3, -0.25) is 15.7 Å². The Hall–Kier alpha value is -2.40. The summed E-state index contributed by atoms with van der Waals surface area (Å²) >= 11 is 0. The van der Waals surface area contributed by atoms with Gasteiger partial charge in [-0.2, -0.15) is 0 Å². The van der Waals surface area contributed by atoms with Crippen molar-refractivity contribution < 1.29 is 9.94 Å². The second-order valence-corrected chi connectivity index (χ2v) is 4.99. The summed E-state index contributed by atoms with van der Waals surface area (Å²) in [5.41, 5.74) is 3.92. The van der Waals surface area contributed by atoms with E-state index < -0.39 is 0 Å². The van der Waals surface area contributed by atoms with Crippen LogP contribution in [0.4, 0.5) is 0 Å². The monoisotopic (exact) mass is 285 g/mol. The van der Waals surface area contributed by atoms with Gasteiger partial charge in [0.2, 0.25) is 5.88 Å². The molecule has 1 aromatic carbocycles. The maximum Gasteiger partial charge on any atom is 0.219 e. The lowest BCUT2D eigenvalue weighted by atomic mass is 10.2. The molecule has 0 radical (unpaired) electrons. The SMILES string of the molecule is Cc1cccc(Oc2ccc(C(=NC(C)C)NO)cn2)c1. The Balaban J connectivity index is 2.15. The van der Waals surface area contributed by atoms with Gasteiger partial charge in [-0.25, -0.2) is 4.98 Å². The van der Waals surface area contributed by atoms with Crippen LogP contribution in [0.15, 0.2) is 47.6 Å². The molecule has 0 saturated heterocycles. The van der Waals surface area contributed by atoms with Crippen LogP contribution in [0.25, 0.3) is 0 Å². The van der Waals surface area contributed by atoms with Crippen molar-refractivity contribution in [3.8, 4) is 11.6 Å². The first-order valence-corrected chi connectivity index (χ1v) is 6.77. The largest absolute Gasteiger partial charge is 0.439 e. The maximum absolute atomic E-state index is 9.12. The molecule has 0 saturated carbocycles. The molecule has 1 aromatic heterocycles. The fourth-order valence-corrected chi connectivity index (χ4v) is 1.81. The van der Waals surface area contributed by atoms with Gasteiger partial charge in [-0.15, -0.1) is 0 Å². The van der Waals surface area contributed by atoms with Gasteiger partial charge in [-0.05, 0) is 44.5 Å². The molecule has 21 heavy (non-hydrogen) atoms. The number of aromatic nitrogens is 1. The van der Waals surface area contributed by atoms with E-state index in [-0.39, 0.29) is 6.04 Å². The Kier molecular flexibility index (Phi) is 4.90. The molecule has 0 spiro atoms. The summed E-state index contributed by atoms with van der Waals surface area (Å²) in [7, 11) is 0. The van der Waals surface area contributed by atoms with Crippen LogP contribution in [-0.2, 0) is 0 Å². The molecule has 0 unspecified atom stereocenters. The molecular formula is C16H19N3O2. The third-order valence-electron chi connectivity index (χ3n) is 2.71. The summed E-state index contributed by atoms with van der Waals surface area (Å²) in [5, 5.41) is 9.12. The van der Waals surface area contributed by atoms with Crippen molar-refractivity contribution >= 4 is 5.84 Å². The molecule has 0 atom stereocenters. The molecule has 0 aliphatic rings. The van der Waals surface area contributed by atoms with E-state index in [4.69, 9.17) is 9.94 Å². The van der Waals surface area contributed by atoms with E-state index in [1.54, 1.807) is 18.3 Å². The Morgan fingerprint density at radius 1 is 1.29 bits per heavy atom.